The summed E-state index contributed by atoms with van der Waals surface area (Å²) in [5.41, 5.74) is 6.76. The van der Waals surface area contributed by atoms with Crippen LogP contribution < -0.4 is 5.73 Å². The van der Waals surface area contributed by atoms with Crippen LogP contribution in [-0.4, -0.2) is 44.6 Å². The van der Waals surface area contributed by atoms with E-state index in [0.29, 0.717) is 19.0 Å². The zero-order chi connectivity index (χ0) is 21.3. The number of nitrogens with two attached hydrogens (primary N) is 1. The number of nitrogens with zero attached hydrogens (tertiary/aromatic N) is 1. The van der Waals surface area contributed by atoms with Crippen molar-refractivity contribution in [3.8, 4) is 0 Å². The van der Waals surface area contributed by atoms with Crippen molar-refractivity contribution in [3.63, 3.8) is 0 Å². The molecule has 5 nitrogen and oxygen atoms in total. The minimum atomic E-state index is -3.33. The van der Waals surface area contributed by atoms with Gasteiger partial charge in [-0.15, -0.1) is 0 Å². The molecule has 0 saturated carbocycles. The second-order valence-corrected chi connectivity index (χ2v) is 9.29. The quantitative estimate of drug-likeness (QED) is 0.745. The highest BCUT2D eigenvalue weighted by Gasteiger charge is 2.34. The summed E-state index contributed by atoms with van der Waals surface area (Å²) in [5, 5.41) is 0. The molecule has 0 aliphatic carbocycles. The molecule has 2 atom stereocenters. The summed E-state index contributed by atoms with van der Waals surface area (Å²) in [7, 11) is -3.33. The van der Waals surface area contributed by atoms with Crippen molar-refractivity contribution >= 4 is 15.7 Å². The summed E-state index contributed by atoms with van der Waals surface area (Å²) >= 11 is 0. The van der Waals surface area contributed by atoms with Crippen LogP contribution in [0.2, 0.25) is 0 Å². The predicted octanol–water partition coefficient (Wildman–Crippen LogP) is 2.39. The normalized spacial score (nSPS) is 20.2. The van der Waals surface area contributed by atoms with E-state index in [4.69, 9.17) is 5.73 Å². The molecule has 0 radical (unpaired) electrons. The summed E-state index contributed by atoms with van der Waals surface area (Å²) < 4.78 is 64.1. The molecule has 1 heterocycles. The van der Waals surface area contributed by atoms with E-state index in [0.717, 1.165) is 17.9 Å². The van der Waals surface area contributed by atoms with Gasteiger partial charge >= 0.3 is 0 Å². The van der Waals surface area contributed by atoms with Crippen molar-refractivity contribution in [1.82, 2.24) is 4.90 Å². The predicted molar refractivity (Wildman–Crippen MR) is 101 cm³/mol. The smallest absolute Gasteiger partial charge is 0.223 e. The molecular weight excluding hydrogens is 405 g/mol. The van der Waals surface area contributed by atoms with Gasteiger partial charge in [0.15, 0.2) is 21.5 Å². The third-order valence-corrected chi connectivity index (χ3v) is 6.24. The number of benzene rings is 2. The van der Waals surface area contributed by atoms with E-state index in [9.17, 15) is 26.4 Å². The van der Waals surface area contributed by atoms with Crippen LogP contribution in [0.25, 0.3) is 0 Å². The van der Waals surface area contributed by atoms with Crippen molar-refractivity contribution in [3.05, 3.63) is 65.0 Å². The molecule has 156 valence electrons. The Kier molecular flexibility index (Phi) is 6.00. The molecule has 0 bridgehead atoms. The lowest BCUT2D eigenvalue weighted by atomic mass is 9.85. The Hall–Kier alpha value is -2.39. The van der Waals surface area contributed by atoms with Crippen molar-refractivity contribution in [2.75, 3.05) is 19.3 Å². The van der Waals surface area contributed by atoms with Gasteiger partial charge in [-0.3, -0.25) is 4.79 Å². The third-order valence-electron chi connectivity index (χ3n) is 5.13. The van der Waals surface area contributed by atoms with Crippen LogP contribution >= 0.6 is 0 Å². The van der Waals surface area contributed by atoms with Crippen LogP contribution in [0.1, 0.15) is 23.5 Å². The fourth-order valence-electron chi connectivity index (χ4n) is 3.53. The minimum Gasteiger partial charge on any atom is -0.341 e. The molecule has 29 heavy (non-hydrogen) atoms. The zero-order valence-corrected chi connectivity index (χ0v) is 16.6. The number of hydrogen-bond acceptors (Lipinski definition) is 4. The third kappa shape index (κ3) is 4.79. The van der Waals surface area contributed by atoms with Crippen LogP contribution in [0.5, 0.6) is 0 Å². The molecule has 0 aromatic heterocycles. The van der Waals surface area contributed by atoms with E-state index in [1.54, 1.807) is 18.2 Å². The molecule has 1 saturated heterocycles. The van der Waals surface area contributed by atoms with Gasteiger partial charge in [0, 0.05) is 43.8 Å². The molecule has 1 fully saturated rings. The molecule has 1 amide bonds. The van der Waals surface area contributed by atoms with Crippen LogP contribution in [0, 0.1) is 17.5 Å². The molecule has 0 unspecified atom stereocenters. The van der Waals surface area contributed by atoms with E-state index in [2.05, 4.69) is 0 Å². The summed E-state index contributed by atoms with van der Waals surface area (Å²) in [4.78, 5) is 14.2. The first-order chi connectivity index (χ1) is 13.6. The first-order valence-electron chi connectivity index (χ1n) is 9.03. The Balaban J connectivity index is 1.70. The van der Waals surface area contributed by atoms with E-state index in [1.165, 1.54) is 11.0 Å². The molecule has 2 aromatic carbocycles. The Labute approximate surface area is 167 Å². The van der Waals surface area contributed by atoms with E-state index < -0.39 is 39.2 Å². The fourth-order valence-corrected chi connectivity index (χ4v) is 4.22. The molecule has 2 aromatic rings. The summed E-state index contributed by atoms with van der Waals surface area (Å²) in [5.74, 6) is -4.43. The highest BCUT2D eigenvalue weighted by Crippen LogP contribution is 2.31. The van der Waals surface area contributed by atoms with Gasteiger partial charge in [0.2, 0.25) is 5.91 Å². The minimum absolute atomic E-state index is 0.106. The molecule has 2 N–H and O–H groups in total. The Morgan fingerprint density at radius 1 is 1.10 bits per heavy atom. The Morgan fingerprint density at radius 2 is 1.79 bits per heavy atom. The van der Waals surface area contributed by atoms with E-state index in [1.807, 2.05) is 0 Å². The average Bonchev–Trinajstić information content (AvgIpc) is 2.65. The summed E-state index contributed by atoms with van der Waals surface area (Å²) in [6.45, 7) is 0.445. The lowest BCUT2D eigenvalue weighted by molar-refractivity contribution is -0.134. The highest BCUT2D eigenvalue weighted by molar-refractivity contribution is 7.90. The number of hydrogen-bond donors (Lipinski definition) is 1. The molecule has 3 rings (SSSR count). The number of piperidine rings is 1. The van der Waals surface area contributed by atoms with Gasteiger partial charge in [0.05, 0.1) is 4.90 Å². The van der Waals surface area contributed by atoms with Gasteiger partial charge in [-0.25, -0.2) is 21.6 Å². The van der Waals surface area contributed by atoms with E-state index in [-0.39, 0.29) is 29.3 Å². The molecular formula is C20H21F3N2O3S. The van der Waals surface area contributed by atoms with Gasteiger partial charge in [-0.2, -0.15) is 0 Å². The van der Waals surface area contributed by atoms with Gasteiger partial charge in [-0.05, 0) is 35.7 Å². The van der Waals surface area contributed by atoms with Gasteiger partial charge in [0.1, 0.15) is 5.82 Å². The van der Waals surface area contributed by atoms with Crippen LogP contribution in [0.3, 0.4) is 0 Å². The number of carbonyl (C=O) groups is 1. The highest BCUT2D eigenvalue weighted by atomic mass is 32.2. The lowest BCUT2D eigenvalue weighted by Crippen LogP contribution is -2.51. The standard InChI is InChI=1S/C20H21F3N2O3S/c1-29(27,28)13-4-2-3-12(7-13)5-6-25-11-19(24)15(9-20(25)26)14-8-17(22)18(23)10-16(14)21/h2-4,7-8,10,15,19H,5-6,9,11,24H2,1H3/t15-,19+/m1/s1. The zero-order valence-electron chi connectivity index (χ0n) is 15.7. The molecule has 9 heteroatoms. The Morgan fingerprint density at radius 3 is 2.48 bits per heavy atom. The van der Waals surface area contributed by atoms with Crippen LogP contribution in [-0.2, 0) is 21.1 Å². The number of halogens is 3. The fraction of sp³-hybridized carbons (Fsp3) is 0.350. The second kappa shape index (κ2) is 8.16. The number of amides is 1. The number of rotatable bonds is 5. The topological polar surface area (TPSA) is 80.5 Å². The Bertz CT molecular complexity index is 1040. The largest absolute Gasteiger partial charge is 0.341 e. The number of carbonyl (C=O) groups excluding carboxylic acids is 1. The van der Waals surface area contributed by atoms with Gasteiger partial charge in [0.25, 0.3) is 0 Å². The maximum atomic E-state index is 14.1. The van der Waals surface area contributed by atoms with Gasteiger partial charge in [-0.1, -0.05) is 12.1 Å². The maximum absolute atomic E-state index is 14.1. The first kappa shape index (κ1) is 21.3. The monoisotopic (exact) mass is 426 g/mol. The maximum Gasteiger partial charge on any atom is 0.223 e. The van der Waals surface area contributed by atoms with Crippen molar-refractivity contribution in [1.29, 1.82) is 0 Å². The van der Waals surface area contributed by atoms with Gasteiger partial charge < -0.3 is 10.6 Å². The second-order valence-electron chi connectivity index (χ2n) is 7.27. The first-order valence-corrected chi connectivity index (χ1v) is 10.9. The van der Waals surface area contributed by atoms with Crippen LogP contribution in [0.15, 0.2) is 41.3 Å². The van der Waals surface area contributed by atoms with Crippen molar-refractivity contribution in [2.45, 2.75) is 29.7 Å². The SMILES string of the molecule is CS(=O)(=O)c1cccc(CCN2C[C@H](N)[C@@H](c3cc(F)c(F)cc3F)CC2=O)c1. The average molecular weight is 426 g/mol. The summed E-state index contributed by atoms with van der Waals surface area (Å²) in [6.07, 6.45) is 1.43. The van der Waals surface area contributed by atoms with E-state index >= 15 is 0 Å². The molecule has 1 aliphatic rings. The van der Waals surface area contributed by atoms with Crippen molar-refractivity contribution < 1.29 is 26.4 Å². The lowest BCUT2D eigenvalue weighted by Gasteiger charge is -2.36. The summed E-state index contributed by atoms with van der Waals surface area (Å²) in [6, 6.07) is 7.04. The molecule has 1 aliphatic heterocycles. The number of sulfone groups is 1. The van der Waals surface area contributed by atoms with Crippen LogP contribution in [0.4, 0.5) is 13.2 Å². The number of likely N-dealkylation sites (tertiary alicyclic amines) is 1. The molecule has 0 spiro atoms. The van der Waals surface area contributed by atoms with Crippen molar-refractivity contribution in [2.24, 2.45) is 5.73 Å².